The van der Waals surface area contributed by atoms with Crippen LogP contribution in [-0.2, 0) is 0 Å². The zero-order valence-electron chi connectivity index (χ0n) is 14.2. The van der Waals surface area contributed by atoms with Crippen LogP contribution in [0.15, 0.2) is 30.3 Å². The van der Waals surface area contributed by atoms with Crippen LogP contribution in [0.1, 0.15) is 66.5 Å². The van der Waals surface area contributed by atoms with Gasteiger partial charge >= 0.3 is 0 Å². The smallest absolute Gasteiger partial charge is 0.0328 e. The minimum atomic E-state index is 0.330. The maximum absolute atomic E-state index is 3.94. The number of hydrogen-bond donors (Lipinski definition) is 1. The van der Waals surface area contributed by atoms with E-state index in [9.17, 15) is 0 Å². The summed E-state index contributed by atoms with van der Waals surface area (Å²) in [6, 6.07) is 12.0. The van der Waals surface area contributed by atoms with Gasteiger partial charge < -0.3 is 5.32 Å². The van der Waals surface area contributed by atoms with E-state index in [1.807, 2.05) is 0 Å². The molecule has 1 heteroatoms. The fraction of sp³-hybridized carbons (Fsp3) is 0.684. The van der Waals surface area contributed by atoms with Crippen LogP contribution in [0.2, 0.25) is 0 Å². The Labute approximate surface area is 125 Å². The predicted molar refractivity (Wildman–Crippen MR) is 87.7 cm³/mol. The van der Waals surface area contributed by atoms with Gasteiger partial charge in [0.1, 0.15) is 0 Å². The van der Waals surface area contributed by atoms with E-state index >= 15 is 0 Å². The quantitative estimate of drug-likeness (QED) is 0.796. The monoisotopic (exact) mass is 273 g/mol. The van der Waals surface area contributed by atoms with Crippen molar-refractivity contribution in [3.63, 3.8) is 0 Å². The molecule has 1 nitrogen and oxygen atoms in total. The molecular formula is C19H31N. The van der Waals surface area contributed by atoms with Crippen molar-refractivity contribution in [2.75, 3.05) is 0 Å². The van der Waals surface area contributed by atoms with Crippen molar-refractivity contribution >= 4 is 0 Å². The number of nitrogens with one attached hydrogen (secondary N) is 1. The standard InChI is InChI=1S/C19H31N/c1-17(2,3)13-15(14-11-9-8-10-12-14)20-16-18(4,5)19(16,6)7/h8-12,15-16,20H,13H2,1-7H3. The maximum Gasteiger partial charge on any atom is 0.0328 e. The van der Waals surface area contributed by atoms with Crippen molar-refractivity contribution in [3.8, 4) is 0 Å². The summed E-state index contributed by atoms with van der Waals surface area (Å²) in [6.07, 6.45) is 1.17. The van der Waals surface area contributed by atoms with Crippen molar-refractivity contribution in [1.82, 2.24) is 5.32 Å². The lowest BCUT2D eigenvalue weighted by Gasteiger charge is -2.28. The van der Waals surface area contributed by atoms with Gasteiger partial charge in [-0.25, -0.2) is 0 Å². The highest BCUT2D eigenvalue weighted by molar-refractivity contribution is 5.24. The average Bonchev–Trinajstić information content (AvgIpc) is 2.70. The van der Waals surface area contributed by atoms with Crippen LogP contribution in [0.5, 0.6) is 0 Å². The second kappa shape index (κ2) is 4.87. The van der Waals surface area contributed by atoms with E-state index in [4.69, 9.17) is 0 Å². The Kier molecular flexibility index (Phi) is 3.79. The van der Waals surface area contributed by atoms with Crippen LogP contribution in [0.3, 0.4) is 0 Å². The van der Waals surface area contributed by atoms with Crippen molar-refractivity contribution in [2.24, 2.45) is 16.2 Å². The second-order valence-electron chi connectivity index (χ2n) is 8.77. The van der Waals surface area contributed by atoms with Crippen LogP contribution in [0.4, 0.5) is 0 Å². The number of benzene rings is 1. The largest absolute Gasteiger partial charge is 0.306 e. The molecule has 2 rings (SSSR count). The predicted octanol–water partition coefficient (Wildman–Crippen LogP) is 5.19. The lowest BCUT2D eigenvalue weighted by atomic mass is 9.85. The van der Waals surface area contributed by atoms with Crippen LogP contribution in [-0.4, -0.2) is 6.04 Å². The lowest BCUT2D eigenvalue weighted by Crippen LogP contribution is -2.30. The number of hydrogen-bond acceptors (Lipinski definition) is 1. The van der Waals surface area contributed by atoms with Crippen LogP contribution < -0.4 is 5.32 Å². The molecule has 0 amide bonds. The summed E-state index contributed by atoms with van der Waals surface area (Å²) in [5.41, 5.74) is 2.52. The molecule has 1 aromatic carbocycles. The van der Waals surface area contributed by atoms with Crippen molar-refractivity contribution in [1.29, 1.82) is 0 Å². The highest BCUT2D eigenvalue weighted by Crippen LogP contribution is 2.63. The Balaban J connectivity index is 2.17. The molecule has 1 saturated carbocycles. The fourth-order valence-electron chi connectivity index (χ4n) is 3.38. The Morgan fingerprint density at radius 2 is 1.50 bits per heavy atom. The molecular weight excluding hydrogens is 242 g/mol. The minimum Gasteiger partial charge on any atom is -0.306 e. The molecule has 0 radical (unpaired) electrons. The van der Waals surface area contributed by atoms with E-state index in [0.29, 0.717) is 28.3 Å². The molecule has 0 aromatic heterocycles. The first-order chi connectivity index (χ1) is 9.06. The van der Waals surface area contributed by atoms with E-state index in [1.54, 1.807) is 0 Å². The number of rotatable bonds is 4. The summed E-state index contributed by atoms with van der Waals surface area (Å²) < 4.78 is 0. The SMILES string of the molecule is CC(C)(C)CC(NC1C(C)(C)C1(C)C)c1ccccc1. The Morgan fingerprint density at radius 3 is 1.90 bits per heavy atom. The van der Waals surface area contributed by atoms with Gasteiger partial charge in [-0.3, -0.25) is 0 Å². The Bertz CT molecular complexity index is 436. The Morgan fingerprint density at radius 1 is 1.00 bits per heavy atom. The van der Waals surface area contributed by atoms with Gasteiger partial charge in [0.05, 0.1) is 0 Å². The van der Waals surface area contributed by atoms with E-state index in [0.717, 1.165) is 0 Å². The van der Waals surface area contributed by atoms with Crippen molar-refractivity contribution in [3.05, 3.63) is 35.9 Å². The van der Waals surface area contributed by atoms with Gasteiger partial charge in [-0.15, -0.1) is 0 Å². The van der Waals surface area contributed by atoms with Gasteiger partial charge in [0.2, 0.25) is 0 Å². The van der Waals surface area contributed by atoms with Crippen molar-refractivity contribution in [2.45, 2.75) is 67.0 Å². The molecule has 0 heterocycles. The first-order valence-corrected chi connectivity index (χ1v) is 7.87. The molecule has 1 aliphatic carbocycles. The highest BCUT2D eigenvalue weighted by Gasteiger charge is 2.65. The molecule has 20 heavy (non-hydrogen) atoms. The zero-order valence-corrected chi connectivity index (χ0v) is 14.2. The van der Waals surface area contributed by atoms with E-state index in [1.165, 1.54) is 12.0 Å². The molecule has 1 N–H and O–H groups in total. The fourth-order valence-corrected chi connectivity index (χ4v) is 3.38. The zero-order chi connectivity index (χ0) is 15.2. The Hall–Kier alpha value is -0.820. The second-order valence-corrected chi connectivity index (χ2v) is 8.77. The summed E-state index contributed by atoms with van der Waals surface area (Å²) in [6.45, 7) is 16.5. The molecule has 0 spiro atoms. The first kappa shape index (κ1) is 15.6. The van der Waals surface area contributed by atoms with E-state index < -0.39 is 0 Å². The van der Waals surface area contributed by atoms with Crippen molar-refractivity contribution < 1.29 is 0 Å². The maximum atomic E-state index is 3.94. The van der Waals surface area contributed by atoms with Gasteiger partial charge in [-0.2, -0.15) is 0 Å². The summed E-state index contributed by atoms with van der Waals surface area (Å²) in [5.74, 6) is 0. The van der Waals surface area contributed by atoms with Gasteiger partial charge in [0.15, 0.2) is 0 Å². The lowest BCUT2D eigenvalue weighted by molar-refractivity contribution is 0.300. The third-order valence-corrected chi connectivity index (χ3v) is 5.41. The van der Waals surface area contributed by atoms with E-state index in [-0.39, 0.29) is 0 Å². The highest BCUT2D eigenvalue weighted by atomic mass is 15.1. The molecule has 0 aliphatic heterocycles. The molecule has 112 valence electrons. The van der Waals surface area contributed by atoms with E-state index in [2.05, 4.69) is 84.1 Å². The topological polar surface area (TPSA) is 12.0 Å². The molecule has 1 unspecified atom stereocenters. The summed E-state index contributed by atoms with van der Waals surface area (Å²) >= 11 is 0. The van der Waals surface area contributed by atoms with Gasteiger partial charge in [0, 0.05) is 12.1 Å². The van der Waals surface area contributed by atoms with Gasteiger partial charge in [-0.1, -0.05) is 78.8 Å². The summed E-state index contributed by atoms with van der Waals surface area (Å²) in [5, 5.41) is 3.94. The molecule has 1 aromatic rings. The first-order valence-electron chi connectivity index (χ1n) is 7.87. The molecule has 1 atom stereocenters. The van der Waals surface area contributed by atoms with Gasteiger partial charge in [-0.05, 0) is 28.2 Å². The summed E-state index contributed by atoms with van der Waals surface area (Å²) in [4.78, 5) is 0. The summed E-state index contributed by atoms with van der Waals surface area (Å²) in [7, 11) is 0. The normalized spacial score (nSPS) is 22.6. The van der Waals surface area contributed by atoms with Gasteiger partial charge in [0.25, 0.3) is 0 Å². The third-order valence-electron chi connectivity index (χ3n) is 5.41. The average molecular weight is 273 g/mol. The molecule has 0 saturated heterocycles. The third kappa shape index (κ3) is 2.93. The van der Waals surface area contributed by atoms with Crippen LogP contribution in [0, 0.1) is 16.2 Å². The molecule has 0 bridgehead atoms. The molecule has 1 aliphatic rings. The van der Waals surface area contributed by atoms with Crippen LogP contribution >= 0.6 is 0 Å². The molecule has 1 fully saturated rings. The van der Waals surface area contributed by atoms with Crippen LogP contribution in [0.25, 0.3) is 0 Å². The minimum absolute atomic E-state index is 0.330.